The van der Waals surface area contributed by atoms with Crippen LogP contribution >= 0.6 is 12.2 Å². The molecule has 3 N–H and O–H groups in total. The minimum atomic E-state index is -0.529. The summed E-state index contributed by atoms with van der Waals surface area (Å²) < 4.78 is 5.67. The molecule has 3 aromatic rings. The molecule has 0 radical (unpaired) electrons. The van der Waals surface area contributed by atoms with Crippen LogP contribution in [0.25, 0.3) is 0 Å². The van der Waals surface area contributed by atoms with Gasteiger partial charge in [0.2, 0.25) is 5.91 Å². The van der Waals surface area contributed by atoms with Gasteiger partial charge in [-0.1, -0.05) is 80.4 Å². The van der Waals surface area contributed by atoms with Crippen LogP contribution < -0.4 is 20.9 Å². The minimum absolute atomic E-state index is 0.00174. The van der Waals surface area contributed by atoms with Crippen LogP contribution in [0, 0.1) is 0 Å². The monoisotopic (exact) mass is 475 g/mol. The van der Waals surface area contributed by atoms with Crippen molar-refractivity contribution in [2.24, 2.45) is 0 Å². The number of amides is 2. The van der Waals surface area contributed by atoms with Crippen molar-refractivity contribution >= 4 is 29.1 Å². The maximum absolute atomic E-state index is 13.0. The Labute approximate surface area is 205 Å². The third kappa shape index (κ3) is 7.42. The van der Waals surface area contributed by atoms with E-state index in [0.29, 0.717) is 17.9 Å². The molecule has 3 rings (SSSR count). The van der Waals surface area contributed by atoms with E-state index < -0.39 is 5.92 Å². The highest BCUT2D eigenvalue weighted by Gasteiger charge is 2.22. The van der Waals surface area contributed by atoms with Crippen molar-refractivity contribution in [2.75, 3.05) is 6.61 Å². The second-order valence-corrected chi connectivity index (χ2v) is 8.14. The fourth-order valence-electron chi connectivity index (χ4n) is 3.43. The maximum Gasteiger partial charge on any atom is 0.257 e. The Morgan fingerprint density at radius 1 is 0.824 bits per heavy atom. The fourth-order valence-corrected chi connectivity index (χ4v) is 3.57. The number of ether oxygens (including phenoxy) is 1. The Hall–Kier alpha value is -3.71. The van der Waals surface area contributed by atoms with Crippen molar-refractivity contribution in [2.45, 2.75) is 32.1 Å². The highest BCUT2D eigenvalue weighted by Crippen LogP contribution is 2.24. The van der Waals surface area contributed by atoms with Crippen LogP contribution in [-0.4, -0.2) is 23.5 Å². The van der Waals surface area contributed by atoms with Gasteiger partial charge in [0.25, 0.3) is 5.91 Å². The molecule has 3 aromatic carbocycles. The van der Waals surface area contributed by atoms with Gasteiger partial charge in [0.1, 0.15) is 5.75 Å². The lowest BCUT2D eigenvalue weighted by Gasteiger charge is -2.19. The predicted molar refractivity (Wildman–Crippen MR) is 138 cm³/mol. The number of unbranched alkanes of at least 4 members (excludes halogenated alkanes) is 2. The summed E-state index contributed by atoms with van der Waals surface area (Å²) >= 11 is 5.19. The zero-order chi connectivity index (χ0) is 24.2. The maximum atomic E-state index is 13.0. The highest BCUT2D eigenvalue weighted by molar-refractivity contribution is 7.80. The molecule has 176 valence electrons. The Morgan fingerprint density at radius 3 is 1.97 bits per heavy atom. The number of hydrogen-bond acceptors (Lipinski definition) is 4. The van der Waals surface area contributed by atoms with Gasteiger partial charge in [-0.05, 0) is 54.0 Å². The summed E-state index contributed by atoms with van der Waals surface area (Å²) in [5.74, 6) is -0.489. The molecular formula is C27H29N3O3S. The zero-order valence-electron chi connectivity index (χ0n) is 19.1. The standard InChI is InChI=1S/C27H29N3O3S/c1-2-3-10-19-33-23-17-15-22(16-18-23)25(31)28-27(34)30-29-26(32)24(20-11-6-4-7-12-20)21-13-8-5-9-14-21/h4-9,11-18,24H,2-3,10,19H2,1H3,(H,29,32)(H2,28,30,31,34). The third-order valence-corrected chi connectivity index (χ3v) is 5.39. The number of carbonyl (C=O) groups excluding carboxylic acids is 2. The number of carbonyl (C=O) groups is 2. The number of rotatable bonds is 9. The van der Waals surface area contributed by atoms with Crippen LogP contribution in [0.1, 0.15) is 53.6 Å². The Kier molecular flexibility index (Phi) is 9.61. The quantitative estimate of drug-likeness (QED) is 0.237. The van der Waals surface area contributed by atoms with E-state index in [4.69, 9.17) is 17.0 Å². The van der Waals surface area contributed by atoms with E-state index in [1.165, 1.54) is 0 Å². The van der Waals surface area contributed by atoms with Crippen molar-refractivity contribution in [3.05, 3.63) is 102 Å². The van der Waals surface area contributed by atoms with Crippen LogP contribution in [-0.2, 0) is 4.79 Å². The lowest BCUT2D eigenvalue weighted by Crippen LogP contribution is -2.49. The molecule has 0 aliphatic carbocycles. The third-order valence-electron chi connectivity index (χ3n) is 5.19. The summed E-state index contributed by atoms with van der Waals surface area (Å²) in [7, 11) is 0. The Morgan fingerprint density at radius 2 is 1.41 bits per heavy atom. The highest BCUT2D eigenvalue weighted by atomic mass is 32.1. The first-order valence-corrected chi connectivity index (χ1v) is 11.7. The van der Waals surface area contributed by atoms with Gasteiger partial charge in [-0.3, -0.25) is 25.8 Å². The topological polar surface area (TPSA) is 79.5 Å². The number of thiocarbonyl (C=S) groups is 1. The van der Waals surface area contributed by atoms with E-state index in [0.717, 1.165) is 30.4 Å². The van der Waals surface area contributed by atoms with Crippen LogP contribution in [0.4, 0.5) is 0 Å². The number of hydrazine groups is 1. The first kappa shape index (κ1) is 24.9. The smallest absolute Gasteiger partial charge is 0.257 e. The van der Waals surface area contributed by atoms with Crippen LogP contribution in [0.5, 0.6) is 5.75 Å². The molecule has 2 amide bonds. The van der Waals surface area contributed by atoms with Crippen molar-refractivity contribution < 1.29 is 14.3 Å². The normalized spacial score (nSPS) is 10.4. The molecule has 0 saturated heterocycles. The van der Waals surface area contributed by atoms with E-state index in [2.05, 4.69) is 23.1 Å². The molecular weight excluding hydrogens is 446 g/mol. The summed E-state index contributed by atoms with van der Waals surface area (Å²) in [5.41, 5.74) is 7.37. The Balaban J connectivity index is 1.54. The molecule has 0 bridgehead atoms. The largest absolute Gasteiger partial charge is 0.494 e. The summed E-state index contributed by atoms with van der Waals surface area (Å²) in [6.07, 6.45) is 3.26. The van der Waals surface area contributed by atoms with Gasteiger partial charge < -0.3 is 4.74 Å². The van der Waals surface area contributed by atoms with Crippen molar-refractivity contribution in [1.29, 1.82) is 0 Å². The molecule has 0 heterocycles. The molecule has 0 unspecified atom stereocenters. The van der Waals surface area contributed by atoms with Gasteiger partial charge in [0, 0.05) is 5.56 Å². The van der Waals surface area contributed by atoms with Crippen molar-refractivity contribution in [3.63, 3.8) is 0 Å². The first-order chi connectivity index (χ1) is 16.6. The van der Waals surface area contributed by atoms with Crippen molar-refractivity contribution in [1.82, 2.24) is 16.2 Å². The predicted octanol–water partition coefficient (Wildman–Crippen LogP) is 4.72. The van der Waals surface area contributed by atoms with Crippen LogP contribution in [0.2, 0.25) is 0 Å². The molecule has 0 aliphatic rings. The Bertz CT molecular complexity index is 1030. The van der Waals surface area contributed by atoms with Crippen LogP contribution in [0.15, 0.2) is 84.9 Å². The second kappa shape index (κ2) is 13.1. The summed E-state index contributed by atoms with van der Waals surface area (Å²) in [4.78, 5) is 25.5. The molecule has 0 aliphatic heterocycles. The second-order valence-electron chi connectivity index (χ2n) is 7.73. The SMILES string of the molecule is CCCCCOc1ccc(C(=O)NC(=S)NNC(=O)C(c2ccccc2)c2ccccc2)cc1. The molecule has 0 saturated carbocycles. The van der Waals surface area contributed by atoms with Crippen molar-refractivity contribution in [3.8, 4) is 5.75 Å². The van der Waals surface area contributed by atoms with Gasteiger partial charge >= 0.3 is 0 Å². The lowest BCUT2D eigenvalue weighted by molar-refractivity contribution is -0.122. The number of hydrogen-bond donors (Lipinski definition) is 3. The molecule has 0 aromatic heterocycles. The molecule has 0 atom stereocenters. The lowest BCUT2D eigenvalue weighted by atomic mass is 9.91. The van der Waals surface area contributed by atoms with Crippen LogP contribution in [0.3, 0.4) is 0 Å². The fraction of sp³-hybridized carbons (Fsp3) is 0.222. The molecule has 0 spiro atoms. The summed E-state index contributed by atoms with van der Waals surface area (Å²) in [6, 6.07) is 25.8. The van der Waals surface area contributed by atoms with Gasteiger partial charge in [0.05, 0.1) is 12.5 Å². The van der Waals surface area contributed by atoms with E-state index in [1.54, 1.807) is 24.3 Å². The average molecular weight is 476 g/mol. The van der Waals surface area contributed by atoms with E-state index in [9.17, 15) is 9.59 Å². The van der Waals surface area contributed by atoms with Gasteiger partial charge in [0.15, 0.2) is 5.11 Å². The van der Waals surface area contributed by atoms with Gasteiger partial charge in [-0.2, -0.15) is 0 Å². The number of nitrogens with one attached hydrogen (secondary N) is 3. The number of benzene rings is 3. The summed E-state index contributed by atoms with van der Waals surface area (Å²) in [5, 5.41) is 2.57. The van der Waals surface area contributed by atoms with E-state index >= 15 is 0 Å². The van der Waals surface area contributed by atoms with Gasteiger partial charge in [-0.25, -0.2) is 0 Å². The first-order valence-electron chi connectivity index (χ1n) is 11.3. The molecule has 0 fully saturated rings. The minimum Gasteiger partial charge on any atom is -0.494 e. The molecule has 7 heteroatoms. The summed E-state index contributed by atoms with van der Waals surface area (Å²) in [6.45, 7) is 2.79. The molecule has 6 nitrogen and oxygen atoms in total. The van der Waals surface area contributed by atoms with Gasteiger partial charge in [-0.15, -0.1) is 0 Å². The zero-order valence-corrected chi connectivity index (χ0v) is 19.9. The van der Waals surface area contributed by atoms with E-state index in [1.807, 2.05) is 60.7 Å². The van der Waals surface area contributed by atoms with E-state index in [-0.39, 0.29) is 16.9 Å². The molecule has 34 heavy (non-hydrogen) atoms. The average Bonchev–Trinajstić information content (AvgIpc) is 2.87.